The zero-order valence-electron chi connectivity index (χ0n) is 7.57. The molecule has 1 aromatic heterocycles. The first-order valence-electron chi connectivity index (χ1n) is 4.05. The summed E-state index contributed by atoms with van der Waals surface area (Å²) in [5.74, 6) is 0. The van der Waals surface area contributed by atoms with Gasteiger partial charge in [-0.3, -0.25) is 0 Å². The van der Waals surface area contributed by atoms with Gasteiger partial charge in [0.15, 0.2) is 0 Å². The Labute approximate surface area is 75.5 Å². The molecule has 1 heterocycles. The summed E-state index contributed by atoms with van der Waals surface area (Å²) < 4.78 is 10.2. The monoisotopic (exact) mass is 184 g/mol. The van der Waals surface area contributed by atoms with Gasteiger partial charge >= 0.3 is 12.0 Å². The lowest BCUT2D eigenvalue weighted by molar-refractivity contribution is 0.0934. The normalized spacial score (nSPS) is 31.7. The van der Waals surface area contributed by atoms with Crippen molar-refractivity contribution < 1.29 is 9.15 Å². The van der Waals surface area contributed by atoms with Crippen LogP contribution in [0.3, 0.4) is 0 Å². The molecular weight excluding hydrogens is 172 g/mol. The second-order valence-corrected chi connectivity index (χ2v) is 3.36. The molecule has 0 aliphatic heterocycles. The molecule has 1 aliphatic rings. The molecule has 1 aliphatic carbocycles. The van der Waals surface area contributed by atoms with Crippen LogP contribution in [0.25, 0.3) is 0 Å². The van der Waals surface area contributed by atoms with E-state index in [2.05, 4.69) is 15.5 Å². The number of nitrogens with one attached hydrogen (secondary N) is 1. The molecule has 2 atom stereocenters. The van der Waals surface area contributed by atoms with Crippen molar-refractivity contribution >= 4 is 12.0 Å². The van der Waals surface area contributed by atoms with E-state index in [1.807, 2.05) is 6.92 Å². The lowest BCUT2D eigenvalue weighted by atomic mass is 10.4. The minimum atomic E-state index is -0.108. The highest BCUT2D eigenvalue weighted by molar-refractivity contribution is 5.31. The third-order valence-corrected chi connectivity index (χ3v) is 2.39. The van der Waals surface area contributed by atoms with E-state index >= 15 is 0 Å². The minimum absolute atomic E-state index is 0.0715. The summed E-state index contributed by atoms with van der Waals surface area (Å²) in [6.07, 6.45) is 0.936. The molecule has 0 amide bonds. The van der Waals surface area contributed by atoms with E-state index in [4.69, 9.17) is 14.9 Å². The Kier molecular flexibility index (Phi) is 1.66. The molecule has 0 saturated heterocycles. The van der Waals surface area contributed by atoms with Crippen LogP contribution in [-0.2, 0) is 4.74 Å². The molecule has 1 saturated carbocycles. The summed E-state index contributed by atoms with van der Waals surface area (Å²) in [6.45, 7) is 2.02. The van der Waals surface area contributed by atoms with Crippen molar-refractivity contribution in [3.8, 4) is 0 Å². The highest BCUT2D eigenvalue weighted by atomic mass is 16.5. The smallest absolute Gasteiger partial charge is 0.317 e. The van der Waals surface area contributed by atoms with Gasteiger partial charge in [-0.05, 0) is 6.92 Å². The molecule has 6 nitrogen and oxygen atoms in total. The summed E-state index contributed by atoms with van der Waals surface area (Å²) in [4.78, 5) is 0. The van der Waals surface area contributed by atoms with Gasteiger partial charge in [-0.25, -0.2) is 0 Å². The summed E-state index contributed by atoms with van der Waals surface area (Å²) in [6, 6.07) is 0.655. The van der Waals surface area contributed by atoms with Crippen LogP contribution in [-0.4, -0.2) is 29.0 Å². The molecule has 0 unspecified atom stereocenters. The zero-order chi connectivity index (χ0) is 9.47. The van der Waals surface area contributed by atoms with Crippen molar-refractivity contribution in [2.24, 2.45) is 0 Å². The average molecular weight is 184 g/mol. The maximum Gasteiger partial charge on any atom is 0.317 e. The van der Waals surface area contributed by atoms with Crippen LogP contribution in [0.4, 0.5) is 12.0 Å². The quantitative estimate of drug-likeness (QED) is 0.699. The molecule has 3 N–H and O–H groups in total. The average Bonchev–Trinajstić information content (AvgIpc) is 2.53. The number of methoxy groups -OCH3 is 1. The lowest BCUT2D eigenvalue weighted by Crippen LogP contribution is -2.18. The molecular formula is C7H12N4O2. The van der Waals surface area contributed by atoms with Crippen molar-refractivity contribution in [1.82, 2.24) is 10.2 Å². The predicted molar refractivity (Wildman–Crippen MR) is 46.2 cm³/mol. The van der Waals surface area contributed by atoms with Crippen molar-refractivity contribution in [3.63, 3.8) is 0 Å². The number of nitrogen functional groups attached to an aromatic ring is 1. The zero-order valence-corrected chi connectivity index (χ0v) is 7.57. The summed E-state index contributed by atoms with van der Waals surface area (Å²) >= 11 is 0. The number of aromatic nitrogens is 2. The van der Waals surface area contributed by atoms with Crippen LogP contribution >= 0.6 is 0 Å². The second-order valence-electron chi connectivity index (χ2n) is 3.36. The fourth-order valence-corrected chi connectivity index (χ4v) is 1.22. The molecule has 0 spiro atoms. The first-order chi connectivity index (χ1) is 6.14. The standard InChI is InChI=1S/C7H12N4O2/c1-7(12-2)3-4(7)9-6-11-10-5(8)13-6/h4H,3H2,1-2H3,(H2,8,10)(H,9,11)/t4-,7+/m1/s1. The first-order valence-corrected chi connectivity index (χ1v) is 4.05. The van der Waals surface area contributed by atoms with Gasteiger partial charge < -0.3 is 20.2 Å². The predicted octanol–water partition coefficient (Wildman–Crippen LogP) is 0.241. The third-order valence-electron chi connectivity index (χ3n) is 2.39. The number of anilines is 2. The molecule has 0 bridgehead atoms. The van der Waals surface area contributed by atoms with Crippen LogP contribution in [0.1, 0.15) is 13.3 Å². The Morgan fingerprint density at radius 3 is 2.92 bits per heavy atom. The molecule has 72 valence electrons. The van der Waals surface area contributed by atoms with Gasteiger partial charge in [-0.2, -0.15) is 0 Å². The van der Waals surface area contributed by atoms with Crippen molar-refractivity contribution in [2.75, 3.05) is 18.2 Å². The lowest BCUT2D eigenvalue weighted by Gasteiger charge is -2.07. The van der Waals surface area contributed by atoms with Gasteiger partial charge in [0.05, 0.1) is 11.6 Å². The number of hydrogen-bond donors (Lipinski definition) is 2. The fourth-order valence-electron chi connectivity index (χ4n) is 1.22. The molecule has 1 aromatic rings. The van der Waals surface area contributed by atoms with Crippen LogP contribution < -0.4 is 11.1 Å². The van der Waals surface area contributed by atoms with Crippen molar-refractivity contribution in [1.29, 1.82) is 0 Å². The van der Waals surface area contributed by atoms with Crippen LogP contribution in [0.5, 0.6) is 0 Å². The fraction of sp³-hybridized carbons (Fsp3) is 0.714. The van der Waals surface area contributed by atoms with Crippen LogP contribution in [0.2, 0.25) is 0 Å². The third kappa shape index (κ3) is 1.44. The van der Waals surface area contributed by atoms with Gasteiger partial charge in [0.2, 0.25) is 0 Å². The summed E-state index contributed by atoms with van der Waals surface area (Å²) in [5, 5.41) is 10.2. The summed E-state index contributed by atoms with van der Waals surface area (Å²) in [5.41, 5.74) is 5.16. The van der Waals surface area contributed by atoms with Gasteiger partial charge in [-0.1, -0.05) is 10.2 Å². The number of nitrogens with zero attached hydrogens (tertiary/aromatic N) is 2. The largest absolute Gasteiger partial charge is 0.390 e. The highest BCUT2D eigenvalue weighted by Crippen LogP contribution is 2.40. The van der Waals surface area contributed by atoms with Crippen LogP contribution in [0, 0.1) is 0 Å². The molecule has 6 heteroatoms. The maximum atomic E-state index is 5.26. The number of nitrogens with two attached hydrogens (primary N) is 1. The van der Waals surface area contributed by atoms with E-state index in [9.17, 15) is 0 Å². The van der Waals surface area contributed by atoms with E-state index in [1.165, 1.54) is 0 Å². The van der Waals surface area contributed by atoms with E-state index in [-0.39, 0.29) is 17.7 Å². The minimum Gasteiger partial charge on any atom is -0.390 e. The highest BCUT2D eigenvalue weighted by Gasteiger charge is 2.51. The molecule has 1 fully saturated rings. The Balaban J connectivity index is 1.94. The number of hydrogen-bond acceptors (Lipinski definition) is 6. The SMILES string of the molecule is CO[C@@]1(C)C[C@H]1Nc1nnc(N)o1. The van der Waals surface area contributed by atoms with E-state index in [0.717, 1.165) is 6.42 Å². The second kappa shape index (κ2) is 2.59. The molecule has 0 radical (unpaired) electrons. The van der Waals surface area contributed by atoms with Crippen LogP contribution in [0.15, 0.2) is 4.42 Å². The topological polar surface area (TPSA) is 86.2 Å². The van der Waals surface area contributed by atoms with Gasteiger partial charge in [0.1, 0.15) is 0 Å². The van der Waals surface area contributed by atoms with Crippen molar-refractivity contribution in [2.45, 2.75) is 25.0 Å². The Morgan fingerprint density at radius 1 is 1.69 bits per heavy atom. The van der Waals surface area contributed by atoms with E-state index < -0.39 is 0 Å². The van der Waals surface area contributed by atoms with Crippen molar-refractivity contribution in [3.05, 3.63) is 0 Å². The van der Waals surface area contributed by atoms with E-state index in [1.54, 1.807) is 7.11 Å². The number of rotatable bonds is 3. The Bertz CT molecular complexity index is 313. The molecule has 13 heavy (non-hydrogen) atoms. The number of ether oxygens (including phenoxy) is 1. The maximum absolute atomic E-state index is 5.26. The van der Waals surface area contributed by atoms with Gasteiger partial charge in [0, 0.05) is 13.5 Å². The molecule has 2 rings (SSSR count). The Morgan fingerprint density at radius 2 is 2.46 bits per heavy atom. The Hall–Kier alpha value is -1.30. The van der Waals surface area contributed by atoms with Gasteiger partial charge in [0.25, 0.3) is 0 Å². The van der Waals surface area contributed by atoms with Gasteiger partial charge in [-0.15, -0.1) is 0 Å². The first kappa shape index (κ1) is 8.31. The molecule has 0 aromatic carbocycles. The summed E-state index contributed by atoms with van der Waals surface area (Å²) in [7, 11) is 1.68. The van der Waals surface area contributed by atoms with E-state index in [0.29, 0.717) is 6.01 Å².